The van der Waals surface area contributed by atoms with Gasteiger partial charge in [-0.1, -0.05) is 36.8 Å². The first-order chi connectivity index (χ1) is 11.8. The Kier molecular flexibility index (Phi) is 4.58. The Morgan fingerprint density at radius 3 is 2.62 bits per heavy atom. The number of nitrogens with zero attached hydrogens (tertiary/aromatic N) is 3. The van der Waals surface area contributed by atoms with Gasteiger partial charge in [0, 0.05) is 23.2 Å². The summed E-state index contributed by atoms with van der Waals surface area (Å²) in [5, 5.41) is 1.24. The molecule has 0 radical (unpaired) electrons. The first-order valence-corrected chi connectivity index (χ1v) is 9.66. The summed E-state index contributed by atoms with van der Waals surface area (Å²) < 4.78 is 0. The number of benzene rings is 1. The van der Waals surface area contributed by atoms with Gasteiger partial charge in [-0.15, -0.1) is 11.3 Å². The van der Waals surface area contributed by atoms with Crippen LogP contribution in [0.25, 0.3) is 20.7 Å². The van der Waals surface area contributed by atoms with E-state index >= 15 is 0 Å². The van der Waals surface area contributed by atoms with Crippen LogP contribution in [0.5, 0.6) is 0 Å². The second-order valence-electron chi connectivity index (χ2n) is 6.57. The third-order valence-corrected chi connectivity index (χ3v) is 5.83. The second kappa shape index (κ2) is 6.99. The van der Waals surface area contributed by atoms with Gasteiger partial charge in [0.25, 0.3) is 0 Å². The Bertz CT molecular complexity index is 820. The molecule has 0 amide bonds. The quantitative estimate of drug-likeness (QED) is 0.691. The number of rotatable bonds is 4. The predicted molar refractivity (Wildman–Crippen MR) is 102 cm³/mol. The van der Waals surface area contributed by atoms with Crippen LogP contribution in [0.15, 0.2) is 36.4 Å². The Labute approximate surface area is 147 Å². The molecule has 0 unspecified atom stereocenters. The van der Waals surface area contributed by atoms with E-state index in [0.717, 1.165) is 23.6 Å². The normalized spacial score (nSPS) is 15.9. The lowest BCUT2D eigenvalue weighted by Gasteiger charge is -2.26. The summed E-state index contributed by atoms with van der Waals surface area (Å²) >= 11 is 1.78. The van der Waals surface area contributed by atoms with Gasteiger partial charge in [0.15, 0.2) is 0 Å². The molecule has 4 heteroatoms. The number of aromatic nitrogens is 2. The molecule has 1 fully saturated rings. The van der Waals surface area contributed by atoms with Gasteiger partial charge < -0.3 is 4.90 Å². The standard InChI is InChI=1S/C20H23N3S/c1-15-21-18(10-13-23-11-6-3-7-12-23)17-14-19(24-20(17)22-15)16-8-4-2-5-9-16/h2,4-5,8-9,14H,3,6-7,10-13H2,1H3. The summed E-state index contributed by atoms with van der Waals surface area (Å²) in [6.07, 6.45) is 5.09. The van der Waals surface area contributed by atoms with Gasteiger partial charge >= 0.3 is 0 Å². The molecule has 0 atom stereocenters. The molecule has 3 aromatic rings. The van der Waals surface area contributed by atoms with Gasteiger partial charge in [0.1, 0.15) is 10.7 Å². The summed E-state index contributed by atoms with van der Waals surface area (Å²) in [6.45, 7) is 5.60. The monoisotopic (exact) mass is 337 g/mol. The number of thiophene rings is 1. The van der Waals surface area contributed by atoms with E-state index in [1.54, 1.807) is 11.3 Å². The number of fused-ring (bicyclic) bond motifs is 1. The van der Waals surface area contributed by atoms with Crippen LogP contribution in [0.3, 0.4) is 0 Å². The van der Waals surface area contributed by atoms with Gasteiger partial charge in [-0.3, -0.25) is 0 Å². The number of hydrogen-bond donors (Lipinski definition) is 0. The fourth-order valence-electron chi connectivity index (χ4n) is 3.48. The smallest absolute Gasteiger partial charge is 0.127 e. The van der Waals surface area contributed by atoms with Crippen molar-refractivity contribution < 1.29 is 0 Å². The maximum Gasteiger partial charge on any atom is 0.127 e. The van der Waals surface area contributed by atoms with Crippen molar-refractivity contribution in [3.8, 4) is 10.4 Å². The first kappa shape index (κ1) is 15.7. The van der Waals surface area contributed by atoms with E-state index in [1.807, 2.05) is 6.92 Å². The zero-order valence-electron chi connectivity index (χ0n) is 14.2. The second-order valence-corrected chi connectivity index (χ2v) is 7.60. The van der Waals surface area contributed by atoms with Crippen molar-refractivity contribution in [2.75, 3.05) is 19.6 Å². The van der Waals surface area contributed by atoms with E-state index in [9.17, 15) is 0 Å². The number of aryl methyl sites for hydroxylation is 1. The first-order valence-electron chi connectivity index (χ1n) is 8.84. The zero-order valence-corrected chi connectivity index (χ0v) is 15.0. The minimum atomic E-state index is 0.887. The average molecular weight is 337 g/mol. The van der Waals surface area contributed by atoms with Gasteiger partial charge in [0.2, 0.25) is 0 Å². The largest absolute Gasteiger partial charge is 0.303 e. The van der Waals surface area contributed by atoms with Crippen molar-refractivity contribution in [2.24, 2.45) is 0 Å². The highest BCUT2D eigenvalue weighted by molar-refractivity contribution is 7.21. The van der Waals surface area contributed by atoms with Crippen molar-refractivity contribution in [3.63, 3.8) is 0 Å². The van der Waals surface area contributed by atoms with Crippen LogP contribution in [0.1, 0.15) is 30.8 Å². The maximum absolute atomic E-state index is 4.76. The molecule has 0 aliphatic carbocycles. The van der Waals surface area contributed by atoms with Crippen molar-refractivity contribution in [2.45, 2.75) is 32.6 Å². The molecule has 1 aliphatic rings. The molecule has 1 saturated heterocycles. The van der Waals surface area contributed by atoms with Crippen LogP contribution in [0.2, 0.25) is 0 Å². The van der Waals surface area contributed by atoms with Crippen LogP contribution < -0.4 is 0 Å². The average Bonchev–Trinajstić information content (AvgIpc) is 3.05. The van der Waals surface area contributed by atoms with E-state index < -0.39 is 0 Å². The molecule has 124 valence electrons. The highest BCUT2D eigenvalue weighted by Gasteiger charge is 2.14. The lowest BCUT2D eigenvalue weighted by Crippen LogP contribution is -2.31. The van der Waals surface area contributed by atoms with Crippen LogP contribution in [-0.4, -0.2) is 34.5 Å². The third kappa shape index (κ3) is 3.35. The molecule has 24 heavy (non-hydrogen) atoms. The van der Waals surface area contributed by atoms with Crippen molar-refractivity contribution in [1.29, 1.82) is 0 Å². The molecule has 3 heterocycles. The summed E-state index contributed by atoms with van der Waals surface area (Å²) in [5.74, 6) is 0.887. The van der Waals surface area contributed by atoms with Gasteiger partial charge in [0.05, 0.1) is 5.69 Å². The van der Waals surface area contributed by atoms with Gasteiger partial charge in [-0.25, -0.2) is 9.97 Å². The third-order valence-electron chi connectivity index (χ3n) is 4.76. The van der Waals surface area contributed by atoms with Crippen LogP contribution >= 0.6 is 11.3 Å². The fourth-order valence-corrected chi connectivity index (χ4v) is 4.58. The summed E-state index contributed by atoms with van der Waals surface area (Å²) in [6, 6.07) is 12.9. The molecule has 2 aromatic heterocycles. The highest BCUT2D eigenvalue weighted by Crippen LogP contribution is 2.33. The molecule has 1 aromatic carbocycles. The van der Waals surface area contributed by atoms with E-state index in [4.69, 9.17) is 4.98 Å². The number of likely N-dealkylation sites (tertiary alicyclic amines) is 1. The van der Waals surface area contributed by atoms with E-state index in [-0.39, 0.29) is 0 Å². The zero-order chi connectivity index (χ0) is 16.4. The summed E-state index contributed by atoms with van der Waals surface area (Å²) in [5.41, 5.74) is 2.47. The fraction of sp³-hybridized carbons (Fsp3) is 0.400. The maximum atomic E-state index is 4.76. The number of piperidine rings is 1. The SMILES string of the molecule is Cc1nc(CCN2CCCCC2)c2cc(-c3ccccc3)sc2n1. The van der Waals surface area contributed by atoms with Gasteiger partial charge in [-0.05, 0) is 44.5 Å². The molecule has 0 N–H and O–H groups in total. The molecule has 0 bridgehead atoms. The minimum Gasteiger partial charge on any atom is -0.303 e. The van der Waals surface area contributed by atoms with Crippen molar-refractivity contribution in [3.05, 3.63) is 47.9 Å². The van der Waals surface area contributed by atoms with E-state index in [0.29, 0.717) is 0 Å². The lowest BCUT2D eigenvalue weighted by atomic mass is 10.1. The van der Waals surface area contributed by atoms with E-state index in [2.05, 4.69) is 46.3 Å². The van der Waals surface area contributed by atoms with Crippen LogP contribution in [-0.2, 0) is 6.42 Å². The van der Waals surface area contributed by atoms with Gasteiger partial charge in [-0.2, -0.15) is 0 Å². The Hall–Kier alpha value is -1.78. The van der Waals surface area contributed by atoms with Crippen LogP contribution in [0.4, 0.5) is 0 Å². The Morgan fingerprint density at radius 2 is 1.83 bits per heavy atom. The Balaban J connectivity index is 1.63. The summed E-state index contributed by atoms with van der Waals surface area (Å²) in [7, 11) is 0. The molecule has 0 spiro atoms. The van der Waals surface area contributed by atoms with E-state index in [1.165, 1.54) is 53.9 Å². The molecule has 1 aliphatic heterocycles. The van der Waals surface area contributed by atoms with Crippen molar-refractivity contribution >= 4 is 21.6 Å². The lowest BCUT2D eigenvalue weighted by molar-refractivity contribution is 0.231. The van der Waals surface area contributed by atoms with Crippen molar-refractivity contribution in [1.82, 2.24) is 14.9 Å². The molecule has 4 rings (SSSR count). The predicted octanol–water partition coefficient (Wildman–Crippen LogP) is 4.70. The summed E-state index contributed by atoms with van der Waals surface area (Å²) in [4.78, 5) is 14.4. The number of hydrogen-bond acceptors (Lipinski definition) is 4. The Morgan fingerprint density at radius 1 is 1.04 bits per heavy atom. The highest BCUT2D eigenvalue weighted by atomic mass is 32.1. The molecule has 3 nitrogen and oxygen atoms in total. The molecular weight excluding hydrogens is 314 g/mol. The van der Waals surface area contributed by atoms with Crippen LogP contribution in [0, 0.1) is 6.92 Å². The molecular formula is C20H23N3S. The molecule has 0 saturated carbocycles. The topological polar surface area (TPSA) is 29.0 Å². The minimum absolute atomic E-state index is 0.887.